The van der Waals surface area contributed by atoms with E-state index in [0.29, 0.717) is 13.0 Å². The van der Waals surface area contributed by atoms with Crippen LogP contribution in [0.5, 0.6) is 0 Å². The van der Waals surface area contributed by atoms with Crippen LogP contribution < -0.4 is 5.73 Å². The van der Waals surface area contributed by atoms with Crippen LogP contribution in [0, 0.1) is 0 Å². The molecular weight excluding hydrogens is 210 g/mol. The summed E-state index contributed by atoms with van der Waals surface area (Å²) in [6.45, 7) is 0.672. The van der Waals surface area contributed by atoms with Crippen LogP contribution in [0.4, 0.5) is 0 Å². The normalized spacial score (nSPS) is 10.2. The van der Waals surface area contributed by atoms with E-state index in [1.54, 1.807) is 11.8 Å². The topological polar surface area (TPSA) is 63.3 Å². The van der Waals surface area contributed by atoms with E-state index in [4.69, 9.17) is 10.8 Å². The third-order valence-corrected chi connectivity index (χ3v) is 2.98. The molecule has 0 radical (unpaired) electrons. The van der Waals surface area contributed by atoms with E-state index in [1.807, 2.05) is 24.3 Å². The first-order valence-corrected chi connectivity index (χ1v) is 5.84. The summed E-state index contributed by atoms with van der Waals surface area (Å²) in [6, 6.07) is 7.97. The fourth-order valence-corrected chi connectivity index (χ4v) is 1.86. The lowest BCUT2D eigenvalue weighted by atomic mass is 10.1. The average molecular weight is 225 g/mol. The van der Waals surface area contributed by atoms with E-state index < -0.39 is 5.97 Å². The summed E-state index contributed by atoms with van der Waals surface area (Å²) in [5, 5.41) is 8.53. The van der Waals surface area contributed by atoms with Gasteiger partial charge in [-0.25, -0.2) is 0 Å². The predicted octanol–water partition coefficient (Wildman–Crippen LogP) is 1.75. The molecule has 3 N–H and O–H groups in total. The molecule has 0 aliphatic heterocycles. The molecule has 0 heterocycles. The first-order chi connectivity index (χ1) is 7.22. The standard InChI is InChI=1S/C11H15NO2S/c12-7-8-15-10-4-1-9(2-5-10)3-6-11(13)14/h1-2,4-5H,3,6-8,12H2,(H,13,14). The van der Waals surface area contributed by atoms with Gasteiger partial charge in [-0.05, 0) is 24.1 Å². The molecule has 0 aliphatic rings. The molecule has 3 nitrogen and oxygen atoms in total. The number of hydrogen-bond acceptors (Lipinski definition) is 3. The predicted molar refractivity (Wildman–Crippen MR) is 62.2 cm³/mol. The van der Waals surface area contributed by atoms with Crippen molar-refractivity contribution in [3.05, 3.63) is 29.8 Å². The molecule has 4 heteroatoms. The van der Waals surface area contributed by atoms with Gasteiger partial charge in [0.25, 0.3) is 0 Å². The van der Waals surface area contributed by atoms with Crippen molar-refractivity contribution < 1.29 is 9.90 Å². The minimum atomic E-state index is -0.753. The average Bonchev–Trinajstić information content (AvgIpc) is 2.25. The fraction of sp³-hybridized carbons (Fsp3) is 0.364. The van der Waals surface area contributed by atoms with E-state index in [9.17, 15) is 4.79 Å². The monoisotopic (exact) mass is 225 g/mol. The molecule has 0 saturated heterocycles. The van der Waals surface area contributed by atoms with Crippen LogP contribution in [0.2, 0.25) is 0 Å². The van der Waals surface area contributed by atoms with E-state index in [0.717, 1.165) is 11.3 Å². The minimum absolute atomic E-state index is 0.190. The first kappa shape index (κ1) is 12.1. The van der Waals surface area contributed by atoms with E-state index >= 15 is 0 Å². The highest BCUT2D eigenvalue weighted by Gasteiger charge is 1.99. The van der Waals surface area contributed by atoms with Crippen LogP contribution in [0.25, 0.3) is 0 Å². The summed E-state index contributed by atoms with van der Waals surface area (Å²) in [7, 11) is 0. The zero-order valence-electron chi connectivity index (χ0n) is 8.48. The lowest BCUT2D eigenvalue weighted by Crippen LogP contribution is -2.00. The number of carbonyl (C=O) groups is 1. The second-order valence-electron chi connectivity index (χ2n) is 3.17. The minimum Gasteiger partial charge on any atom is -0.481 e. The Hall–Kier alpha value is -1.00. The van der Waals surface area contributed by atoms with Gasteiger partial charge in [0, 0.05) is 23.6 Å². The van der Waals surface area contributed by atoms with Gasteiger partial charge in [0.2, 0.25) is 0 Å². The number of aryl methyl sites for hydroxylation is 1. The van der Waals surface area contributed by atoms with Gasteiger partial charge < -0.3 is 10.8 Å². The van der Waals surface area contributed by atoms with Crippen LogP contribution >= 0.6 is 11.8 Å². The summed E-state index contributed by atoms with van der Waals surface area (Å²) >= 11 is 1.71. The van der Waals surface area contributed by atoms with Gasteiger partial charge in [-0.3, -0.25) is 4.79 Å². The Morgan fingerprint density at radius 3 is 2.53 bits per heavy atom. The summed E-state index contributed by atoms with van der Waals surface area (Å²) in [5.41, 5.74) is 6.47. The Balaban J connectivity index is 2.45. The Morgan fingerprint density at radius 1 is 1.33 bits per heavy atom. The lowest BCUT2D eigenvalue weighted by molar-refractivity contribution is -0.136. The van der Waals surface area contributed by atoms with Crippen LogP contribution in [0.3, 0.4) is 0 Å². The zero-order chi connectivity index (χ0) is 11.1. The van der Waals surface area contributed by atoms with E-state index in [2.05, 4.69) is 0 Å². The van der Waals surface area contributed by atoms with E-state index in [-0.39, 0.29) is 6.42 Å². The maximum atomic E-state index is 10.4. The van der Waals surface area contributed by atoms with Crippen molar-refractivity contribution in [1.29, 1.82) is 0 Å². The Morgan fingerprint density at radius 2 is 2.00 bits per heavy atom. The molecule has 0 aromatic heterocycles. The summed E-state index contributed by atoms with van der Waals surface area (Å²) in [5.74, 6) is 0.158. The largest absolute Gasteiger partial charge is 0.481 e. The highest BCUT2D eigenvalue weighted by Crippen LogP contribution is 2.18. The van der Waals surface area contributed by atoms with Gasteiger partial charge in [-0.1, -0.05) is 12.1 Å². The van der Waals surface area contributed by atoms with Gasteiger partial charge >= 0.3 is 5.97 Å². The van der Waals surface area contributed by atoms with Gasteiger partial charge in [0.15, 0.2) is 0 Å². The van der Waals surface area contributed by atoms with Gasteiger partial charge in [-0.15, -0.1) is 11.8 Å². The molecule has 15 heavy (non-hydrogen) atoms. The number of nitrogens with two attached hydrogens (primary N) is 1. The molecule has 0 spiro atoms. The molecular formula is C11H15NO2S. The molecule has 82 valence electrons. The molecule has 1 aromatic carbocycles. The van der Waals surface area contributed by atoms with Crippen molar-refractivity contribution in [2.75, 3.05) is 12.3 Å². The van der Waals surface area contributed by atoms with Crippen molar-refractivity contribution in [2.45, 2.75) is 17.7 Å². The third-order valence-electron chi connectivity index (χ3n) is 1.94. The van der Waals surface area contributed by atoms with Gasteiger partial charge in [0.1, 0.15) is 0 Å². The summed E-state index contributed by atoms with van der Waals surface area (Å²) in [4.78, 5) is 11.5. The molecule has 1 aromatic rings. The maximum absolute atomic E-state index is 10.4. The lowest BCUT2D eigenvalue weighted by Gasteiger charge is -2.02. The smallest absolute Gasteiger partial charge is 0.303 e. The van der Waals surface area contributed by atoms with Gasteiger partial charge in [0.05, 0.1) is 0 Å². The molecule has 0 unspecified atom stereocenters. The molecule has 0 amide bonds. The van der Waals surface area contributed by atoms with Crippen molar-refractivity contribution in [3.63, 3.8) is 0 Å². The number of rotatable bonds is 6. The van der Waals surface area contributed by atoms with Crippen molar-refractivity contribution >= 4 is 17.7 Å². The van der Waals surface area contributed by atoms with Gasteiger partial charge in [-0.2, -0.15) is 0 Å². The number of benzene rings is 1. The summed E-state index contributed by atoms with van der Waals surface area (Å²) in [6.07, 6.45) is 0.784. The zero-order valence-corrected chi connectivity index (χ0v) is 9.30. The molecule has 0 atom stereocenters. The van der Waals surface area contributed by atoms with Crippen LogP contribution in [0.1, 0.15) is 12.0 Å². The highest BCUT2D eigenvalue weighted by molar-refractivity contribution is 7.99. The Labute approximate surface area is 93.7 Å². The van der Waals surface area contributed by atoms with E-state index in [1.165, 1.54) is 4.90 Å². The maximum Gasteiger partial charge on any atom is 0.303 e. The highest BCUT2D eigenvalue weighted by atomic mass is 32.2. The van der Waals surface area contributed by atoms with Crippen LogP contribution in [-0.4, -0.2) is 23.4 Å². The number of carboxylic acid groups (broad SMARTS) is 1. The second-order valence-corrected chi connectivity index (χ2v) is 4.34. The number of aliphatic carboxylic acids is 1. The Kier molecular flexibility index (Phi) is 5.21. The fourth-order valence-electron chi connectivity index (χ4n) is 1.18. The van der Waals surface area contributed by atoms with Crippen molar-refractivity contribution in [2.24, 2.45) is 5.73 Å². The second kappa shape index (κ2) is 6.48. The first-order valence-electron chi connectivity index (χ1n) is 4.86. The van der Waals surface area contributed by atoms with Crippen LogP contribution in [-0.2, 0) is 11.2 Å². The molecule has 0 bridgehead atoms. The van der Waals surface area contributed by atoms with Crippen LogP contribution in [0.15, 0.2) is 29.2 Å². The number of thioether (sulfide) groups is 1. The molecule has 0 aliphatic carbocycles. The summed E-state index contributed by atoms with van der Waals surface area (Å²) < 4.78 is 0. The SMILES string of the molecule is NCCSc1ccc(CCC(=O)O)cc1. The third kappa shape index (κ3) is 4.85. The number of hydrogen-bond donors (Lipinski definition) is 2. The quantitative estimate of drug-likeness (QED) is 0.724. The number of carboxylic acids is 1. The van der Waals surface area contributed by atoms with Crippen molar-refractivity contribution in [1.82, 2.24) is 0 Å². The molecule has 0 fully saturated rings. The molecule has 0 saturated carbocycles. The molecule has 1 rings (SSSR count). The van der Waals surface area contributed by atoms with Crippen molar-refractivity contribution in [3.8, 4) is 0 Å². The Bertz CT molecular complexity index is 311.